The third kappa shape index (κ3) is 2.92. The molecule has 6 heteroatoms. The molecular weight excluding hydrogens is 314 g/mol. The predicted octanol–water partition coefficient (Wildman–Crippen LogP) is 2.85. The number of fused-ring (bicyclic) bond motifs is 1. The summed E-state index contributed by atoms with van der Waals surface area (Å²) in [5, 5.41) is 5.75. The van der Waals surface area contributed by atoms with Gasteiger partial charge in [-0.1, -0.05) is 0 Å². The SMILES string of the molecule is Cc1cc(C)c2c(-n3cccc3)nn(CC(=O)N3CCCCC3)c2n1. The van der Waals surface area contributed by atoms with Crippen molar-refractivity contribution in [2.75, 3.05) is 13.1 Å². The van der Waals surface area contributed by atoms with Gasteiger partial charge in [-0.3, -0.25) is 4.79 Å². The second kappa shape index (κ2) is 6.35. The van der Waals surface area contributed by atoms with E-state index in [-0.39, 0.29) is 12.5 Å². The van der Waals surface area contributed by atoms with Crippen LogP contribution in [0, 0.1) is 13.8 Å². The predicted molar refractivity (Wildman–Crippen MR) is 96.8 cm³/mol. The summed E-state index contributed by atoms with van der Waals surface area (Å²) < 4.78 is 3.75. The molecule has 3 aromatic heterocycles. The summed E-state index contributed by atoms with van der Waals surface area (Å²) in [7, 11) is 0. The molecule has 1 aliphatic rings. The second-order valence-electron chi connectivity index (χ2n) is 6.79. The van der Waals surface area contributed by atoms with Gasteiger partial charge in [-0.2, -0.15) is 5.10 Å². The first-order valence-corrected chi connectivity index (χ1v) is 8.89. The molecule has 4 heterocycles. The zero-order valence-electron chi connectivity index (χ0n) is 14.8. The van der Waals surface area contributed by atoms with Crippen molar-refractivity contribution in [1.29, 1.82) is 0 Å². The van der Waals surface area contributed by atoms with Gasteiger partial charge in [0.25, 0.3) is 0 Å². The fourth-order valence-corrected chi connectivity index (χ4v) is 3.63. The minimum absolute atomic E-state index is 0.129. The highest BCUT2D eigenvalue weighted by Crippen LogP contribution is 2.25. The van der Waals surface area contributed by atoms with Gasteiger partial charge in [0.1, 0.15) is 6.54 Å². The Bertz CT molecular complexity index is 904. The molecule has 0 N–H and O–H groups in total. The van der Waals surface area contributed by atoms with Crippen LogP contribution in [0.15, 0.2) is 30.6 Å². The molecule has 25 heavy (non-hydrogen) atoms. The van der Waals surface area contributed by atoms with E-state index in [2.05, 4.69) is 18.0 Å². The van der Waals surface area contributed by atoms with Gasteiger partial charge in [-0.25, -0.2) is 9.67 Å². The molecule has 130 valence electrons. The Labute approximate surface area is 147 Å². The highest BCUT2D eigenvalue weighted by atomic mass is 16.2. The van der Waals surface area contributed by atoms with Crippen molar-refractivity contribution >= 4 is 16.9 Å². The van der Waals surface area contributed by atoms with Crippen LogP contribution >= 0.6 is 0 Å². The molecule has 1 amide bonds. The van der Waals surface area contributed by atoms with E-state index < -0.39 is 0 Å². The number of amides is 1. The summed E-state index contributed by atoms with van der Waals surface area (Å²) in [6.07, 6.45) is 7.34. The number of rotatable bonds is 3. The lowest BCUT2D eigenvalue weighted by atomic mass is 10.1. The number of carbonyl (C=O) groups is 1. The fraction of sp³-hybridized carbons (Fsp3) is 0.421. The Kier molecular flexibility index (Phi) is 4.03. The van der Waals surface area contributed by atoms with Crippen LogP contribution in [0.25, 0.3) is 16.9 Å². The Morgan fingerprint density at radius 1 is 1.12 bits per heavy atom. The normalized spacial score (nSPS) is 15.0. The molecule has 0 unspecified atom stereocenters. The van der Waals surface area contributed by atoms with Crippen molar-refractivity contribution in [3.8, 4) is 5.82 Å². The Balaban J connectivity index is 1.77. The van der Waals surface area contributed by atoms with E-state index in [1.54, 1.807) is 4.68 Å². The molecule has 3 aromatic rings. The molecule has 1 aliphatic heterocycles. The van der Waals surface area contributed by atoms with Gasteiger partial charge in [0.05, 0.1) is 5.39 Å². The molecule has 0 aromatic carbocycles. The highest BCUT2D eigenvalue weighted by molar-refractivity contribution is 5.88. The van der Waals surface area contributed by atoms with Gasteiger partial charge in [0.15, 0.2) is 11.5 Å². The van der Waals surface area contributed by atoms with Crippen LogP contribution in [0.4, 0.5) is 0 Å². The standard InChI is InChI=1S/C19H23N5O/c1-14-12-15(2)20-18-17(14)19(23-10-6-7-11-23)21-24(18)13-16(25)22-8-4-3-5-9-22/h6-7,10-12H,3-5,8-9,13H2,1-2H3. The number of hydrogen-bond acceptors (Lipinski definition) is 3. The summed E-state index contributed by atoms with van der Waals surface area (Å²) in [5.74, 6) is 0.959. The zero-order chi connectivity index (χ0) is 17.4. The summed E-state index contributed by atoms with van der Waals surface area (Å²) >= 11 is 0. The first-order valence-electron chi connectivity index (χ1n) is 8.89. The van der Waals surface area contributed by atoms with E-state index in [0.29, 0.717) is 0 Å². The minimum Gasteiger partial charge on any atom is -0.341 e. The average molecular weight is 337 g/mol. The lowest BCUT2D eigenvalue weighted by molar-refractivity contribution is -0.132. The number of aromatic nitrogens is 4. The molecule has 0 radical (unpaired) electrons. The van der Waals surface area contributed by atoms with Crippen LogP contribution in [0.1, 0.15) is 30.5 Å². The third-order valence-electron chi connectivity index (χ3n) is 4.85. The van der Waals surface area contributed by atoms with E-state index >= 15 is 0 Å². The molecule has 0 aliphatic carbocycles. The summed E-state index contributed by atoms with van der Waals surface area (Å²) in [6, 6.07) is 6.01. The van der Waals surface area contributed by atoms with Crippen molar-refractivity contribution in [3.63, 3.8) is 0 Å². The summed E-state index contributed by atoms with van der Waals surface area (Å²) in [6.45, 7) is 6.00. The lowest BCUT2D eigenvalue weighted by Gasteiger charge is -2.26. The topological polar surface area (TPSA) is 56.0 Å². The molecule has 0 atom stereocenters. The minimum atomic E-state index is 0.129. The van der Waals surface area contributed by atoms with E-state index in [1.165, 1.54) is 6.42 Å². The largest absolute Gasteiger partial charge is 0.341 e. The molecule has 1 fully saturated rings. The van der Waals surface area contributed by atoms with Gasteiger partial charge in [0, 0.05) is 31.2 Å². The van der Waals surface area contributed by atoms with Gasteiger partial charge in [0.2, 0.25) is 5.91 Å². The van der Waals surface area contributed by atoms with Gasteiger partial charge in [-0.05, 0) is 56.9 Å². The maximum absolute atomic E-state index is 12.7. The highest BCUT2D eigenvalue weighted by Gasteiger charge is 2.21. The number of pyridine rings is 1. The first-order chi connectivity index (χ1) is 12.1. The van der Waals surface area contributed by atoms with Crippen LogP contribution in [-0.2, 0) is 11.3 Å². The number of piperidine rings is 1. The summed E-state index contributed by atoms with van der Waals surface area (Å²) in [5.41, 5.74) is 2.85. The molecule has 0 spiro atoms. The van der Waals surface area contributed by atoms with Crippen LogP contribution in [0.5, 0.6) is 0 Å². The third-order valence-corrected chi connectivity index (χ3v) is 4.85. The van der Waals surface area contributed by atoms with Crippen LogP contribution in [0.2, 0.25) is 0 Å². The first kappa shape index (κ1) is 15.9. The number of aryl methyl sites for hydroxylation is 2. The Morgan fingerprint density at radius 2 is 1.84 bits per heavy atom. The Morgan fingerprint density at radius 3 is 2.56 bits per heavy atom. The smallest absolute Gasteiger partial charge is 0.244 e. The quantitative estimate of drug-likeness (QED) is 0.738. The molecule has 4 rings (SSSR count). The van der Waals surface area contributed by atoms with Crippen LogP contribution in [-0.4, -0.2) is 43.2 Å². The van der Waals surface area contributed by atoms with Gasteiger partial charge in [-0.15, -0.1) is 0 Å². The van der Waals surface area contributed by atoms with E-state index in [9.17, 15) is 4.79 Å². The molecule has 0 bridgehead atoms. The number of nitrogens with zero attached hydrogens (tertiary/aromatic N) is 5. The lowest BCUT2D eigenvalue weighted by Crippen LogP contribution is -2.38. The summed E-state index contributed by atoms with van der Waals surface area (Å²) in [4.78, 5) is 19.3. The van der Waals surface area contributed by atoms with Crippen molar-refractivity contribution in [2.45, 2.75) is 39.7 Å². The van der Waals surface area contributed by atoms with Crippen molar-refractivity contribution in [2.24, 2.45) is 0 Å². The molecule has 6 nitrogen and oxygen atoms in total. The maximum atomic E-state index is 12.7. The maximum Gasteiger partial charge on any atom is 0.244 e. The molecular formula is C19H23N5O. The van der Waals surface area contributed by atoms with E-state index in [1.807, 2.05) is 40.9 Å². The average Bonchev–Trinajstić information content (AvgIpc) is 3.24. The molecule has 1 saturated heterocycles. The monoisotopic (exact) mass is 337 g/mol. The number of carbonyl (C=O) groups excluding carboxylic acids is 1. The Hall–Kier alpha value is -2.63. The van der Waals surface area contributed by atoms with Crippen molar-refractivity contribution < 1.29 is 4.79 Å². The fourth-order valence-electron chi connectivity index (χ4n) is 3.63. The van der Waals surface area contributed by atoms with Crippen LogP contribution < -0.4 is 0 Å². The van der Waals surface area contributed by atoms with Crippen molar-refractivity contribution in [1.82, 2.24) is 24.2 Å². The van der Waals surface area contributed by atoms with Crippen LogP contribution in [0.3, 0.4) is 0 Å². The van der Waals surface area contributed by atoms with Crippen molar-refractivity contribution in [3.05, 3.63) is 41.9 Å². The number of likely N-dealkylation sites (tertiary alicyclic amines) is 1. The van der Waals surface area contributed by atoms with E-state index in [4.69, 9.17) is 5.10 Å². The van der Waals surface area contributed by atoms with Gasteiger partial charge >= 0.3 is 0 Å². The zero-order valence-corrected chi connectivity index (χ0v) is 14.8. The number of hydrogen-bond donors (Lipinski definition) is 0. The van der Waals surface area contributed by atoms with Gasteiger partial charge < -0.3 is 9.47 Å². The van der Waals surface area contributed by atoms with E-state index in [0.717, 1.165) is 54.0 Å². The second-order valence-corrected chi connectivity index (χ2v) is 6.79. The molecule has 0 saturated carbocycles.